The molecule has 29 heavy (non-hydrogen) atoms. The van der Waals surface area contributed by atoms with Crippen LogP contribution >= 0.6 is 11.6 Å². The molecule has 2 heterocycles. The van der Waals surface area contributed by atoms with Gasteiger partial charge < -0.3 is 20.1 Å². The van der Waals surface area contributed by atoms with E-state index < -0.39 is 11.5 Å². The summed E-state index contributed by atoms with van der Waals surface area (Å²) in [6, 6.07) is 10.5. The van der Waals surface area contributed by atoms with E-state index >= 15 is 0 Å². The molecule has 2 aromatic rings. The van der Waals surface area contributed by atoms with Crippen LogP contribution in [-0.4, -0.2) is 32.1 Å². The van der Waals surface area contributed by atoms with Crippen molar-refractivity contribution < 1.29 is 19.1 Å². The van der Waals surface area contributed by atoms with Crippen LogP contribution in [0.2, 0.25) is 5.02 Å². The molecular formula is C21H22ClN3O4. The molecular weight excluding hydrogens is 394 g/mol. The van der Waals surface area contributed by atoms with E-state index in [9.17, 15) is 9.59 Å². The van der Waals surface area contributed by atoms with E-state index in [4.69, 9.17) is 21.1 Å². The Hall–Kier alpha value is -2.77. The van der Waals surface area contributed by atoms with E-state index in [1.807, 2.05) is 13.0 Å². The Kier molecular flexibility index (Phi) is 4.88. The maximum Gasteiger partial charge on any atom is 0.250 e. The van der Waals surface area contributed by atoms with Crippen LogP contribution in [0.3, 0.4) is 0 Å². The van der Waals surface area contributed by atoms with E-state index in [-0.39, 0.29) is 17.9 Å². The van der Waals surface area contributed by atoms with Gasteiger partial charge in [0.1, 0.15) is 17.0 Å². The molecule has 2 amide bonds. The number of rotatable bonds is 4. The highest BCUT2D eigenvalue weighted by Gasteiger charge is 2.59. The average Bonchev–Trinajstić information content (AvgIpc) is 3.21. The van der Waals surface area contributed by atoms with Crippen LogP contribution in [0, 0.1) is 5.92 Å². The predicted molar refractivity (Wildman–Crippen MR) is 111 cm³/mol. The maximum atomic E-state index is 13.4. The number of nitrogens with one attached hydrogen (secondary N) is 3. The number of halogens is 1. The van der Waals surface area contributed by atoms with Crippen LogP contribution in [0.25, 0.3) is 0 Å². The number of benzene rings is 2. The molecule has 0 bridgehead atoms. The van der Waals surface area contributed by atoms with Crippen molar-refractivity contribution in [3.63, 3.8) is 0 Å². The highest BCUT2D eigenvalue weighted by atomic mass is 35.5. The molecule has 1 spiro atoms. The van der Waals surface area contributed by atoms with Gasteiger partial charge in [-0.25, -0.2) is 0 Å². The van der Waals surface area contributed by atoms with Crippen molar-refractivity contribution in [2.24, 2.45) is 5.92 Å². The third kappa shape index (κ3) is 3.01. The number of amides is 2. The van der Waals surface area contributed by atoms with Gasteiger partial charge in [-0.2, -0.15) is 0 Å². The molecule has 7 nitrogen and oxygen atoms in total. The zero-order valence-corrected chi connectivity index (χ0v) is 17.1. The Labute approximate surface area is 173 Å². The summed E-state index contributed by atoms with van der Waals surface area (Å²) in [5, 5.41) is 9.56. The first-order valence-corrected chi connectivity index (χ1v) is 9.69. The summed E-state index contributed by atoms with van der Waals surface area (Å²) < 4.78 is 10.6. The Morgan fingerprint density at radius 2 is 2.03 bits per heavy atom. The Morgan fingerprint density at radius 1 is 1.24 bits per heavy atom. The number of hydrogen-bond donors (Lipinski definition) is 3. The standard InChI is InChI=1S/C21H22ClN3O4/c1-11-9-14(19(26)23-16-10-12(28-2)7-8-17(16)29-3)21(25-11)13-5-4-6-15(22)18(13)24-20(21)27/h4-8,10-11,14,25H,9H2,1-3H3,(H,23,26)(H,24,27)/t11-,14+,21-/m0/s1. The first-order chi connectivity index (χ1) is 13.9. The van der Waals surface area contributed by atoms with Gasteiger partial charge in [-0.1, -0.05) is 23.7 Å². The summed E-state index contributed by atoms with van der Waals surface area (Å²) in [6.45, 7) is 1.96. The summed E-state index contributed by atoms with van der Waals surface area (Å²) in [5.41, 5.74) is 0.557. The van der Waals surface area contributed by atoms with E-state index in [0.29, 0.717) is 39.9 Å². The molecule has 1 fully saturated rings. The molecule has 4 rings (SSSR count). The number of anilines is 2. The van der Waals surface area contributed by atoms with Gasteiger partial charge in [-0.15, -0.1) is 0 Å². The largest absolute Gasteiger partial charge is 0.497 e. The minimum Gasteiger partial charge on any atom is -0.497 e. The molecule has 3 atom stereocenters. The second kappa shape index (κ2) is 7.24. The molecule has 2 aromatic carbocycles. The molecule has 152 valence electrons. The van der Waals surface area contributed by atoms with Crippen LogP contribution < -0.4 is 25.4 Å². The minimum absolute atomic E-state index is 0.0337. The fourth-order valence-electron chi connectivity index (χ4n) is 4.32. The lowest BCUT2D eigenvalue weighted by Gasteiger charge is -2.29. The number of ether oxygens (including phenoxy) is 2. The predicted octanol–water partition coefficient (Wildman–Crippen LogP) is 3.14. The number of para-hydroxylation sites is 1. The van der Waals surface area contributed by atoms with Crippen LogP contribution in [0.1, 0.15) is 18.9 Å². The molecule has 0 aliphatic carbocycles. The second-order valence-corrected chi connectivity index (χ2v) is 7.72. The lowest BCUT2D eigenvalue weighted by atomic mass is 9.79. The highest BCUT2D eigenvalue weighted by molar-refractivity contribution is 6.35. The molecule has 0 aromatic heterocycles. The molecule has 0 radical (unpaired) electrons. The van der Waals surface area contributed by atoms with Gasteiger partial charge >= 0.3 is 0 Å². The number of methoxy groups -OCH3 is 2. The topological polar surface area (TPSA) is 88.7 Å². The second-order valence-electron chi connectivity index (χ2n) is 7.31. The van der Waals surface area contributed by atoms with Crippen LogP contribution in [0.5, 0.6) is 11.5 Å². The number of carbonyl (C=O) groups is 2. The monoisotopic (exact) mass is 415 g/mol. The van der Waals surface area contributed by atoms with Crippen molar-refractivity contribution in [3.8, 4) is 11.5 Å². The van der Waals surface area contributed by atoms with Gasteiger partial charge in [-0.05, 0) is 31.5 Å². The first-order valence-electron chi connectivity index (χ1n) is 9.31. The third-order valence-corrected chi connectivity index (χ3v) is 5.92. The first kappa shape index (κ1) is 19.5. The van der Waals surface area contributed by atoms with Gasteiger partial charge in [0.25, 0.3) is 0 Å². The lowest BCUT2D eigenvalue weighted by Crippen LogP contribution is -2.52. The van der Waals surface area contributed by atoms with Gasteiger partial charge in [0.2, 0.25) is 11.8 Å². The Balaban J connectivity index is 1.73. The molecule has 2 aliphatic rings. The molecule has 0 unspecified atom stereocenters. The fourth-order valence-corrected chi connectivity index (χ4v) is 4.54. The van der Waals surface area contributed by atoms with Crippen molar-refractivity contribution in [2.75, 3.05) is 24.9 Å². The summed E-state index contributed by atoms with van der Waals surface area (Å²) in [6.07, 6.45) is 0.498. The Bertz CT molecular complexity index is 996. The van der Waals surface area contributed by atoms with Crippen molar-refractivity contribution >= 4 is 34.8 Å². The fraction of sp³-hybridized carbons (Fsp3) is 0.333. The van der Waals surface area contributed by atoms with E-state index in [0.717, 1.165) is 0 Å². The van der Waals surface area contributed by atoms with E-state index in [1.54, 1.807) is 37.4 Å². The maximum absolute atomic E-state index is 13.4. The SMILES string of the molecule is COc1ccc(OC)c(NC(=O)[C@H]2C[C@H](C)N[C@]23C(=O)Nc2c(Cl)cccc23)c1. The molecule has 2 aliphatic heterocycles. The number of fused-ring (bicyclic) bond motifs is 2. The molecule has 3 N–H and O–H groups in total. The van der Waals surface area contributed by atoms with Gasteiger partial charge in [-0.3, -0.25) is 14.9 Å². The third-order valence-electron chi connectivity index (χ3n) is 5.60. The molecule has 8 heteroatoms. The normalized spacial score (nSPS) is 24.9. The van der Waals surface area contributed by atoms with Crippen molar-refractivity contribution in [3.05, 3.63) is 47.0 Å². The summed E-state index contributed by atoms with van der Waals surface area (Å²) in [5.74, 6) is -0.0943. The van der Waals surface area contributed by atoms with Gasteiger partial charge in [0.15, 0.2) is 0 Å². The average molecular weight is 416 g/mol. The quantitative estimate of drug-likeness (QED) is 0.714. The zero-order valence-electron chi connectivity index (χ0n) is 16.3. The number of hydrogen-bond acceptors (Lipinski definition) is 5. The van der Waals surface area contributed by atoms with Crippen LogP contribution in [0.4, 0.5) is 11.4 Å². The molecule has 1 saturated heterocycles. The Morgan fingerprint density at radius 3 is 2.76 bits per heavy atom. The van der Waals surface area contributed by atoms with E-state index in [2.05, 4.69) is 16.0 Å². The minimum atomic E-state index is -1.17. The highest BCUT2D eigenvalue weighted by Crippen LogP contribution is 2.49. The lowest BCUT2D eigenvalue weighted by molar-refractivity contribution is -0.130. The van der Waals surface area contributed by atoms with Crippen molar-refractivity contribution in [1.29, 1.82) is 0 Å². The van der Waals surface area contributed by atoms with Gasteiger partial charge in [0.05, 0.1) is 36.5 Å². The van der Waals surface area contributed by atoms with Crippen molar-refractivity contribution in [1.82, 2.24) is 5.32 Å². The smallest absolute Gasteiger partial charge is 0.250 e. The van der Waals surface area contributed by atoms with E-state index in [1.165, 1.54) is 7.11 Å². The summed E-state index contributed by atoms with van der Waals surface area (Å²) >= 11 is 6.29. The zero-order chi connectivity index (χ0) is 20.8. The van der Waals surface area contributed by atoms with Crippen LogP contribution in [-0.2, 0) is 15.1 Å². The summed E-state index contributed by atoms with van der Waals surface area (Å²) in [7, 11) is 3.08. The van der Waals surface area contributed by atoms with Crippen molar-refractivity contribution in [2.45, 2.75) is 24.9 Å². The number of carbonyl (C=O) groups excluding carboxylic acids is 2. The van der Waals surface area contributed by atoms with Gasteiger partial charge in [0, 0.05) is 17.7 Å². The van der Waals surface area contributed by atoms with Crippen LogP contribution in [0.15, 0.2) is 36.4 Å². The summed E-state index contributed by atoms with van der Waals surface area (Å²) in [4.78, 5) is 26.5. The molecule has 0 saturated carbocycles.